The average Bonchev–Trinajstić information content (AvgIpc) is 3.01. The molecular formula is C19H31NO4Si. The van der Waals surface area contributed by atoms with E-state index in [0.29, 0.717) is 13.0 Å². The lowest BCUT2D eigenvalue weighted by Gasteiger charge is -2.42. The molecule has 0 aliphatic carbocycles. The first-order valence-corrected chi connectivity index (χ1v) is 11.9. The van der Waals surface area contributed by atoms with Gasteiger partial charge in [0.2, 0.25) is 8.32 Å². The third-order valence-corrected chi connectivity index (χ3v) is 9.86. The fourth-order valence-electron chi connectivity index (χ4n) is 3.06. The van der Waals surface area contributed by atoms with Gasteiger partial charge in [-0.15, -0.1) is 0 Å². The second-order valence-electron chi connectivity index (χ2n) is 7.97. The Morgan fingerprint density at radius 2 is 1.96 bits per heavy atom. The number of aryl methyl sites for hydroxylation is 1. The number of carboxylic acid groups (broad SMARTS) is 1. The average molecular weight is 366 g/mol. The van der Waals surface area contributed by atoms with E-state index in [1.54, 1.807) is 12.2 Å². The van der Waals surface area contributed by atoms with Gasteiger partial charge in [-0.25, -0.2) is 0 Å². The smallest absolute Gasteiger partial charge is 0.323 e. The SMILES string of the molecule is COc1ccc(CCC(C)(C)[Si](C)(C)ON2CCCC2C(=O)O)cc1. The molecular weight excluding hydrogens is 334 g/mol. The van der Waals surface area contributed by atoms with Crippen LogP contribution in [-0.2, 0) is 15.7 Å². The van der Waals surface area contributed by atoms with Crippen LogP contribution in [0.2, 0.25) is 18.1 Å². The standard InChI is InChI=1S/C19H31NO4Si/c1-19(2,13-12-15-8-10-16(23-3)11-9-15)25(4,5)24-20-14-6-7-17(20)18(21)22/h8-11,17H,6-7,12-14H2,1-5H3,(H,21,22). The maximum absolute atomic E-state index is 11.4. The van der Waals surface area contributed by atoms with Crippen LogP contribution in [0.4, 0.5) is 0 Å². The molecule has 0 amide bonds. The molecule has 1 aliphatic rings. The van der Waals surface area contributed by atoms with Crippen LogP contribution in [-0.4, -0.2) is 44.2 Å². The van der Waals surface area contributed by atoms with Crippen molar-refractivity contribution in [2.75, 3.05) is 13.7 Å². The number of hydrogen-bond donors (Lipinski definition) is 1. The molecule has 1 atom stereocenters. The van der Waals surface area contributed by atoms with E-state index in [1.165, 1.54) is 5.56 Å². The highest BCUT2D eigenvalue weighted by Gasteiger charge is 2.45. The topological polar surface area (TPSA) is 59.0 Å². The van der Waals surface area contributed by atoms with Crippen LogP contribution < -0.4 is 4.74 Å². The Balaban J connectivity index is 1.99. The number of methoxy groups -OCH3 is 1. The van der Waals surface area contributed by atoms with Crippen LogP contribution in [0.3, 0.4) is 0 Å². The van der Waals surface area contributed by atoms with Gasteiger partial charge in [-0.2, -0.15) is 5.06 Å². The number of aliphatic carboxylic acids is 1. The van der Waals surface area contributed by atoms with Gasteiger partial charge in [0.15, 0.2) is 0 Å². The summed E-state index contributed by atoms with van der Waals surface area (Å²) in [6, 6.07) is 7.69. The van der Waals surface area contributed by atoms with Gasteiger partial charge in [0.25, 0.3) is 0 Å². The van der Waals surface area contributed by atoms with E-state index in [0.717, 1.165) is 25.0 Å². The van der Waals surface area contributed by atoms with E-state index in [9.17, 15) is 9.90 Å². The minimum atomic E-state index is -2.12. The number of nitrogens with zero attached hydrogens (tertiary/aromatic N) is 1. The Kier molecular flexibility index (Phi) is 6.29. The van der Waals surface area contributed by atoms with Gasteiger partial charge < -0.3 is 14.4 Å². The van der Waals surface area contributed by atoms with Gasteiger partial charge in [0.1, 0.15) is 11.8 Å². The Morgan fingerprint density at radius 1 is 1.32 bits per heavy atom. The summed E-state index contributed by atoms with van der Waals surface area (Å²) in [5, 5.41) is 11.1. The molecule has 1 saturated heterocycles. The third kappa shape index (κ3) is 4.83. The summed E-state index contributed by atoms with van der Waals surface area (Å²) < 4.78 is 11.5. The van der Waals surface area contributed by atoms with Crippen molar-refractivity contribution in [1.82, 2.24) is 5.06 Å². The molecule has 140 valence electrons. The number of benzene rings is 1. The molecule has 0 spiro atoms. The third-order valence-electron chi connectivity index (χ3n) is 5.66. The minimum Gasteiger partial charge on any atom is -0.497 e. The summed E-state index contributed by atoms with van der Waals surface area (Å²) in [4.78, 5) is 11.4. The number of rotatable bonds is 8. The number of ether oxygens (including phenoxy) is 1. The number of hydrogen-bond acceptors (Lipinski definition) is 4. The van der Waals surface area contributed by atoms with Crippen molar-refractivity contribution in [3.63, 3.8) is 0 Å². The summed E-state index contributed by atoms with van der Waals surface area (Å²) in [5.74, 6) is 0.0909. The van der Waals surface area contributed by atoms with Crippen LogP contribution in [0.25, 0.3) is 0 Å². The maximum Gasteiger partial charge on any atom is 0.323 e. The summed E-state index contributed by atoms with van der Waals surface area (Å²) >= 11 is 0. The van der Waals surface area contributed by atoms with Crippen molar-refractivity contribution < 1.29 is 19.2 Å². The Morgan fingerprint density at radius 3 is 2.52 bits per heavy atom. The minimum absolute atomic E-state index is 0.0264. The van der Waals surface area contributed by atoms with E-state index in [2.05, 4.69) is 39.1 Å². The molecule has 1 fully saturated rings. The van der Waals surface area contributed by atoms with Crippen LogP contribution in [0.5, 0.6) is 5.75 Å². The highest BCUT2D eigenvalue weighted by molar-refractivity contribution is 6.74. The van der Waals surface area contributed by atoms with Gasteiger partial charge in [-0.1, -0.05) is 26.0 Å². The summed E-state index contributed by atoms with van der Waals surface area (Å²) in [5.41, 5.74) is 1.28. The lowest BCUT2D eigenvalue weighted by molar-refractivity contribution is -0.157. The van der Waals surface area contributed by atoms with Crippen molar-refractivity contribution in [2.24, 2.45) is 0 Å². The van der Waals surface area contributed by atoms with E-state index in [1.807, 2.05) is 12.1 Å². The summed E-state index contributed by atoms with van der Waals surface area (Å²) in [7, 11) is -0.444. The molecule has 2 rings (SSSR count). The first kappa shape index (κ1) is 19.9. The normalized spacial score (nSPS) is 19.2. The molecule has 1 aromatic carbocycles. The Hall–Kier alpha value is -1.37. The highest BCUT2D eigenvalue weighted by atomic mass is 28.4. The number of carboxylic acids is 1. The van der Waals surface area contributed by atoms with Gasteiger partial charge in [0, 0.05) is 6.54 Å². The fourth-order valence-corrected chi connectivity index (χ4v) is 4.84. The van der Waals surface area contributed by atoms with Crippen molar-refractivity contribution in [3.8, 4) is 5.75 Å². The molecule has 1 unspecified atom stereocenters. The Labute approximate surface area is 152 Å². The van der Waals surface area contributed by atoms with Crippen molar-refractivity contribution >= 4 is 14.3 Å². The zero-order valence-corrected chi connectivity index (χ0v) is 17.0. The zero-order chi connectivity index (χ0) is 18.7. The molecule has 0 bridgehead atoms. The predicted octanol–water partition coefficient (Wildman–Crippen LogP) is 4.09. The fraction of sp³-hybridized carbons (Fsp3) is 0.632. The van der Waals surface area contributed by atoms with Gasteiger partial charge in [0.05, 0.1) is 7.11 Å². The van der Waals surface area contributed by atoms with E-state index in [-0.39, 0.29) is 5.04 Å². The summed E-state index contributed by atoms with van der Waals surface area (Å²) in [6.45, 7) is 9.58. The summed E-state index contributed by atoms with van der Waals surface area (Å²) in [6.07, 6.45) is 3.53. The van der Waals surface area contributed by atoms with Crippen molar-refractivity contribution in [1.29, 1.82) is 0 Å². The first-order chi connectivity index (χ1) is 11.7. The van der Waals surface area contributed by atoms with E-state index < -0.39 is 20.3 Å². The second kappa shape index (κ2) is 7.89. The molecule has 1 heterocycles. The molecule has 1 aromatic rings. The van der Waals surface area contributed by atoms with E-state index >= 15 is 0 Å². The molecule has 0 saturated carbocycles. The van der Waals surface area contributed by atoms with Crippen LogP contribution >= 0.6 is 0 Å². The first-order valence-electron chi connectivity index (χ1n) is 8.98. The maximum atomic E-state index is 11.4. The molecule has 0 aromatic heterocycles. The molecule has 25 heavy (non-hydrogen) atoms. The molecule has 6 heteroatoms. The monoisotopic (exact) mass is 365 g/mol. The number of hydroxylamine groups is 2. The van der Waals surface area contributed by atoms with Gasteiger partial charge >= 0.3 is 5.97 Å². The van der Waals surface area contributed by atoms with Crippen LogP contribution in [0.15, 0.2) is 24.3 Å². The van der Waals surface area contributed by atoms with E-state index in [4.69, 9.17) is 9.26 Å². The Bertz CT molecular complexity index is 586. The largest absolute Gasteiger partial charge is 0.497 e. The molecule has 0 radical (unpaired) electrons. The lowest BCUT2D eigenvalue weighted by atomic mass is 10.0. The van der Waals surface area contributed by atoms with Gasteiger partial charge in [-0.3, -0.25) is 4.79 Å². The van der Waals surface area contributed by atoms with Gasteiger partial charge in [-0.05, 0) is 61.5 Å². The predicted molar refractivity (Wildman–Crippen MR) is 101 cm³/mol. The molecule has 5 nitrogen and oxygen atoms in total. The zero-order valence-electron chi connectivity index (χ0n) is 16.0. The highest BCUT2D eigenvalue weighted by Crippen LogP contribution is 2.43. The van der Waals surface area contributed by atoms with Crippen molar-refractivity contribution in [3.05, 3.63) is 29.8 Å². The van der Waals surface area contributed by atoms with Crippen molar-refractivity contribution in [2.45, 2.75) is 63.7 Å². The quantitative estimate of drug-likeness (QED) is 0.703. The number of carbonyl (C=O) groups is 1. The van der Waals surface area contributed by atoms with Crippen LogP contribution in [0.1, 0.15) is 38.7 Å². The van der Waals surface area contributed by atoms with Crippen LogP contribution in [0, 0.1) is 0 Å². The molecule has 1 aliphatic heterocycles. The molecule has 1 N–H and O–H groups in total. The lowest BCUT2D eigenvalue weighted by Crippen LogP contribution is -2.50. The second-order valence-corrected chi connectivity index (χ2v) is 12.5.